The number of carbonyl (C=O) groups is 1. The van der Waals surface area contributed by atoms with Crippen molar-refractivity contribution >= 4 is 23.2 Å². The second-order valence-electron chi connectivity index (χ2n) is 3.33. The van der Waals surface area contributed by atoms with E-state index in [-0.39, 0.29) is 16.4 Å². The Morgan fingerprint density at radius 1 is 1.11 bits per heavy atom. The summed E-state index contributed by atoms with van der Waals surface area (Å²) >= 11 is 4.59. The van der Waals surface area contributed by atoms with Crippen molar-refractivity contribution in [3.8, 4) is 17.2 Å². The lowest BCUT2D eigenvalue weighted by molar-refractivity contribution is 0.0940. The number of methoxy groups -OCH3 is 3. The van der Waals surface area contributed by atoms with Gasteiger partial charge in [-0.25, -0.2) is 0 Å². The van der Waals surface area contributed by atoms with E-state index in [1.54, 1.807) is 6.07 Å². The molecule has 0 spiro atoms. The average molecular weight is 285 g/mol. The molecule has 0 fully saturated rings. The lowest BCUT2D eigenvalue weighted by atomic mass is 10.1. The van der Waals surface area contributed by atoms with Crippen LogP contribution in [0, 0.1) is 0 Å². The minimum Gasteiger partial charge on any atom is -0.493 e. The van der Waals surface area contributed by atoms with Crippen LogP contribution in [0.1, 0.15) is 10.4 Å². The minimum atomic E-state index is -0.467. The molecule has 0 atom stereocenters. The van der Waals surface area contributed by atoms with Crippen LogP contribution in [0.15, 0.2) is 12.1 Å². The van der Waals surface area contributed by atoms with Crippen LogP contribution in [0.2, 0.25) is 0 Å². The Morgan fingerprint density at radius 3 is 2.21 bits per heavy atom. The summed E-state index contributed by atoms with van der Waals surface area (Å²) in [6, 6.07) is 3.13. The highest BCUT2D eigenvalue weighted by Crippen LogP contribution is 2.39. The van der Waals surface area contributed by atoms with E-state index in [0.717, 1.165) is 0 Å². The number of hydrogen-bond donors (Lipinski definition) is 3. The summed E-state index contributed by atoms with van der Waals surface area (Å²) in [4.78, 5) is 11.9. The fourth-order valence-electron chi connectivity index (χ4n) is 1.47. The first-order valence-electron chi connectivity index (χ1n) is 5.19. The summed E-state index contributed by atoms with van der Waals surface area (Å²) in [6.07, 6.45) is 0. The van der Waals surface area contributed by atoms with Crippen LogP contribution in [-0.4, -0.2) is 32.3 Å². The van der Waals surface area contributed by atoms with Crippen LogP contribution in [0.25, 0.3) is 0 Å². The van der Waals surface area contributed by atoms with Gasteiger partial charge in [-0.15, -0.1) is 0 Å². The summed E-state index contributed by atoms with van der Waals surface area (Å²) in [5, 5.41) is -0.0483. The minimum absolute atomic E-state index is 0.0483. The van der Waals surface area contributed by atoms with Crippen molar-refractivity contribution in [1.82, 2.24) is 10.9 Å². The van der Waals surface area contributed by atoms with Crippen LogP contribution in [0.4, 0.5) is 0 Å². The zero-order valence-corrected chi connectivity index (χ0v) is 11.6. The summed E-state index contributed by atoms with van der Waals surface area (Å²) < 4.78 is 15.5. The highest BCUT2D eigenvalue weighted by atomic mass is 32.1. The number of rotatable bonds is 4. The number of hydrazine groups is 1. The molecule has 0 saturated heterocycles. The van der Waals surface area contributed by atoms with Gasteiger partial charge in [-0.1, -0.05) is 0 Å². The van der Waals surface area contributed by atoms with Crippen molar-refractivity contribution in [3.63, 3.8) is 0 Å². The van der Waals surface area contributed by atoms with E-state index >= 15 is 0 Å². The number of carbonyl (C=O) groups excluding carboxylic acids is 1. The quantitative estimate of drug-likeness (QED) is 0.537. The van der Waals surface area contributed by atoms with Crippen LogP contribution < -0.4 is 30.8 Å². The van der Waals surface area contributed by atoms with Crippen molar-refractivity contribution < 1.29 is 19.0 Å². The first-order valence-corrected chi connectivity index (χ1v) is 5.60. The molecule has 1 amide bonds. The normalized spacial score (nSPS) is 9.42. The monoisotopic (exact) mass is 285 g/mol. The van der Waals surface area contributed by atoms with Crippen LogP contribution in [0.5, 0.6) is 17.2 Å². The molecule has 0 radical (unpaired) electrons. The third kappa shape index (κ3) is 3.38. The third-order valence-electron chi connectivity index (χ3n) is 2.25. The molecule has 7 nitrogen and oxygen atoms in total. The molecule has 0 aromatic heterocycles. The molecule has 1 rings (SSSR count). The third-order valence-corrected chi connectivity index (χ3v) is 2.35. The Labute approximate surface area is 116 Å². The van der Waals surface area contributed by atoms with Crippen molar-refractivity contribution in [2.24, 2.45) is 5.73 Å². The van der Waals surface area contributed by atoms with Crippen molar-refractivity contribution in [3.05, 3.63) is 17.7 Å². The highest BCUT2D eigenvalue weighted by Gasteiger charge is 2.20. The SMILES string of the molecule is COc1ccc(C(=O)NNC(N)=S)c(OC)c1OC. The Balaban J connectivity index is 3.13. The maximum atomic E-state index is 11.9. The molecule has 19 heavy (non-hydrogen) atoms. The lowest BCUT2D eigenvalue weighted by Gasteiger charge is -2.15. The van der Waals surface area contributed by atoms with Crippen molar-refractivity contribution in [2.45, 2.75) is 0 Å². The van der Waals surface area contributed by atoms with Gasteiger partial charge in [0.05, 0.1) is 26.9 Å². The van der Waals surface area contributed by atoms with E-state index in [0.29, 0.717) is 11.5 Å². The number of nitrogens with two attached hydrogens (primary N) is 1. The molecule has 0 aliphatic carbocycles. The number of amides is 1. The van der Waals surface area contributed by atoms with E-state index < -0.39 is 5.91 Å². The first-order chi connectivity index (χ1) is 9.04. The predicted octanol–water partition coefficient (Wildman–Crippen LogP) is 0.190. The molecular weight excluding hydrogens is 270 g/mol. The summed E-state index contributed by atoms with van der Waals surface area (Å²) in [5.74, 6) is 0.570. The van der Waals surface area contributed by atoms with Crippen molar-refractivity contribution in [1.29, 1.82) is 0 Å². The predicted molar refractivity (Wildman–Crippen MR) is 73.5 cm³/mol. The number of nitrogens with one attached hydrogen (secondary N) is 2. The second-order valence-corrected chi connectivity index (χ2v) is 3.77. The van der Waals surface area contributed by atoms with E-state index in [1.807, 2.05) is 0 Å². The van der Waals surface area contributed by atoms with Gasteiger partial charge in [0.15, 0.2) is 16.6 Å². The summed E-state index contributed by atoms with van der Waals surface area (Å²) in [7, 11) is 4.37. The topological polar surface area (TPSA) is 94.8 Å². The van der Waals surface area contributed by atoms with Gasteiger partial charge in [0.25, 0.3) is 5.91 Å². The Hall–Kier alpha value is -2.22. The molecule has 8 heteroatoms. The van der Waals surface area contributed by atoms with E-state index in [2.05, 4.69) is 23.1 Å². The number of thiocarbonyl (C=S) groups is 1. The van der Waals surface area contributed by atoms with E-state index in [9.17, 15) is 4.79 Å². The number of hydrogen-bond acceptors (Lipinski definition) is 5. The molecule has 0 saturated carbocycles. The first kappa shape index (κ1) is 14.8. The highest BCUT2D eigenvalue weighted by molar-refractivity contribution is 7.80. The molecule has 0 heterocycles. The lowest BCUT2D eigenvalue weighted by Crippen LogP contribution is -2.44. The Kier molecular flexibility index (Phi) is 5.19. The van der Waals surface area contributed by atoms with Crippen LogP contribution in [-0.2, 0) is 0 Å². The van der Waals surface area contributed by atoms with Crippen LogP contribution in [0.3, 0.4) is 0 Å². The van der Waals surface area contributed by atoms with Crippen molar-refractivity contribution in [2.75, 3.05) is 21.3 Å². The Morgan fingerprint density at radius 2 is 1.74 bits per heavy atom. The van der Waals surface area contributed by atoms with Gasteiger partial charge in [-0.05, 0) is 24.4 Å². The second kappa shape index (κ2) is 6.64. The molecule has 104 valence electrons. The zero-order chi connectivity index (χ0) is 14.4. The Bertz CT molecular complexity index is 493. The smallest absolute Gasteiger partial charge is 0.273 e. The molecule has 1 aromatic carbocycles. The fourth-order valence-corrected chi connectivity index (χ4v) is 1.52. The summed E-state index contributed by atoms with van der Waals surface area (Å²) in [5.41, 5.74) is 10.1. The van der Waals surface area contributed by atoms with Gasteiger partial charge in [0, 0.05) is 0 Å². The summed E-state index contributed by atoms with van der Waals surface area (Å²) in [6.45, 7) is 0. The molecule has 0 unspecified atom stereocenters. The fraction of sp³-hybridized carbons (Fsp3) is 0.273. The number of benzene rings is 1. The van der Waals surface area contributed by atoms with Gasteiger partial charge in [0.2, 0.25) is 5.75 Å². The molecule has 0 aliphatic rings. The largest absolute Gasteiger partial charge is 0.493 e. The average Bonchev–Trinajstić information content (AvgIpc) is 2.42. The standard InChI is InChI=1S/C11H15N3O4S/c1-16-7-5-4-6(8(17-2)9(7)18-3)10(15)13-14-11(12)19/h4-5H,1-3H3,(H,13,15)(H3,12,14,19). The molecule has 4 N–H and O–H groups in total. The molecular formula is C11H15N3O4S. The van der Waals surface area contributed by atoms with Gasteiger partial charge < -0.3 is 19.9 Å². The molecule has 0 bridgehead atoms. The maximum absolute atomic E-state index is 11.9. The van der Waals surface area contributed by atoms with Gasteiger partial charge in [-0.3, -0.25) is 15.6 Å². The zero-order valence-electron chi connectivity index (χ0n) is 10.8. The molecule has 1 aromatic rings. The van der Waals surface area contributed by atoms with Crippen LogP contribution >= 0.6 is 12.2 Å². The van der Waals surface area contributed by atoms with E-state index in [1.165, 1.54) is 27.4 Å². The van der Waals surface area contributed by atoms with Gasteiger partial charge in [0.1, 0.15) is 0 Å². The molecule has 0 aliphatic heterocycles. The van der Waals surface area contributed by atoms with Gasteiger partial charge in [-0.2, -0.15) is 0 Å². The number of ether oxygens (including phenoxy) is 3. The van der Waals surface area contributed by atoms with E-state index in [4.69, 9.17) is 19.9 Å². The van der Waals surface area contributed by atoms with Gasteiger partial charge >= 0.3 is 0 Å². The maximum Gasteiger partial charge on any atom is 0.273 e.